The number of ketones is 1. The predicted molar refractivity (Wildman–Crippen MR) is 168 cm³/mol. The van der Waals surface area contributed by atoms with E-state index in [1.165, 1.54) is 41.4 Å². The lowest BCUT2D eigenvalue weighted by Crippen LogP contribution is -2.41. The summed E-state index contributed by atoms with van der Waals surface area (Å²) in [7, 11) is 0. The number of nitrogens with zero attached hydrogens (tertiary/aromatic N) is 4. The Balaban J connectivity index is 1.59. The fraction of sp³-hybridized carbons (Fsp3) is 0.273. The van der Waals surface area contributed by atoms with Gasteiger partial charge in [-0.2, -0.15) is 31.6 Å². The number of aromatic nitrogens is 2. The number of hydrogen-bond donors (Lipinski definition) is 2. The van der Waals surface area contributed by atoms with Gasteiger partial charge in [0.25, 0.3) is 0 Å². The topological polar surface area (TPSA) is 100.0 Å². The molecule has 0 unspecified atom stereocenters. The first-order valence-corrected chi connectivity index (χ1v) is 14.8. The summed E-state index contributed by atoms with van der Waals surface area (Å²) in [6.07, 6.45) is -6.10. The Kier molecular flexibility index (Phi) is 11.4. The van der Waals surface area contributed by atoms with Gasteiger partial charge in [0.1, 0.15) is 5.78 Å². The molecular formula is C33H30F6N6OS. The number of rotatable bonds is 12. The number of alkyl halides is 6. The standard InChI is InChI=1S/C33H30F6N6OS/c34-32(35,36)26-5-3-6-27(14-26)43-31(47)44(19-24-4-1-2-7-29(24)33(37,38)39)20-25(12-13-40)30(46)15-28-17-42-21-45(28)18-23-10-8-22(16-41)9-11-23/h1-11,14,17,21,25H,12-13,15,18-20,40H2,(H,43,47)/t25-/m0/s1. The van der Waals surface area contributed by atoms with Gasteiger partial charge in [-0.05, 0) is 72.7 Å². The number of carbonyl (C=O) groups excluding carboxylic acids is 1. The van der Waals surface area contributed by atoms with Gasteiger partial charge in [0, 0.05) is 49.6 Å². The zero-order valence-corrected chi connectivity index (χ0v) is 25.7. The van der Waals surface area contributed by atoms with E-state index in [4.69, 9.17) is 23.2 Å². The highest BCUT2D eigenvalue weighted by Gasteiger charge is 2.34. The van der Waals surface area contributed by atoms with Crippen LogP contribution in [0.1, 0.15) is 39.9 Å². The van der Waals surface area contributed by atoms with E-state index in [0.717, 1.165) is 23.8 Å². The molecule has 0 aliphatic carbocycles. The van der Waals surface area contributed by atoms with E-state index >= 15 is 0 Å². The normalized spacial score (nSPS) is 12.3. The van der Waals surface area contributed by atoms with Crippen molar-refractivity contribution < 1.29 is 31.1 Å². The van der Waals surface area contributed by atoms with E-state index in [-0.39, 0.29) is 54.6 Å². The molecule has 0 amide bonds. The zero-order valence-electron chi connectivity index (χ0n) is 24.9. The van der Waals surface area contributed by atoms with Gasteiger partial charge in [-0.1, -0.05) is 36.4 Å². The molecule has 47 heavy (non-hydrogen) atoms. The molecule has 0 fully saturated rings. The van der Waals surface area contributed by atoms with Crippen molar-refractivity contribution in [2.45, 2.75) is 38.3 Å². The number of anilines is 1. The van der Waals surface area contributed by atoms with Gasteiger partial charge in [0.15, 0.2) is 5.11 Å². The number of benzene rings is 3. The van der Waals surface area contributed by atoms with Crippen molar-refractivity contribution in [3.05, 3.63) is 119 Å². The van der Waals surface area contributed by atoms with Gasteiger partial charge in [-0.3, -0.25) is 4.79 Å². The number of halogens is 6. The Bertz CT molecular complexity index is 1730. The molecule has 0 radical (unpaired) electrons. The Morgan fingerprint density at radius 2 is 1.74 bits per heavy atom. The number of nitrogens with one attached hydrogen (secondary N) is 1. The summed E-state index contributed by atoms with van der Waals surface area (Å²) in [5, 5.41) is 11.6. The third-order valence-electron chi connectivity index (χ3n) is 7.41. The van der Waals surface area contributed by atoms with Crippen molar-refractivity contribution in [1.82, 2.24) is 14.5 Å². The van der Waals surface area contributed by atoms with Crippen LogP contribution in [0.2, 0.25) is 0 Å². The van der Waals surface area contributed by atoms with Gasteiger partial charge in [0.2, 0.25) is 0 Å². The summed E-state index contributed by atoms with van der Waals surface area (Å²) in [6, 6.07) is 18.1. The zero-order chi connectivity index (χ0) is 34.2. The number of carbonyl (C=O) groups is 1. The van der Waals surface area contributed by atoms with Crippen LogP contribution in [-0.2, 0) is 36.7 Å². The molecule has 4 rings (SSSR count). The first kappa shape index (κ1) is 35.1. The molecule has 4 aromatic rings. The fourth-order valence-electron chi connectivity index (χ4n) is 5.00. The minimum absolute atomic E-state index is 0.0210. The number of nitriles is 1. The first-order chi connectivity index (χ1) is 22.3. The Labute approximate surface area is 272 Å². The lowest BCUT2D eigenvalue weighted by atomic mass is 9.95. The molecule has 14 heteroatoms. The van der Waals surface area contributed by atoms with E-state index in [1.807, 2.05) is 0 Å². The molecule has 246 valence electrons. The van der Waals surface area contributed by atoms with Crippen LogP contribution in [0.3, 0.4) is 0 Å². The third-order valence-corrected chi connectivity index (χ3v) is 7.77. The highest BCUT2D eigenvalue weighted by molar-refractivity contribution is 7.80. The second kappa shape index (κ2) is 15.2. The smallest absolute Gasteiger partial charge is 0.344 e. The molecular weight excluding hydrogens is 642 g/mol. The van der Waals surface area contributed by atoms with Crippen LogP contribution in [0.25, 0.3) is 0 Å². The molecule has 0 saturated heterocycles. The van der Waals surface area contributed by atoms with Crippen molar-refractivity contribution in [3.8, 4) is 6.07 Å². The average Bonchev–Trinajstić information content (AvgIpc) is 3.46. The number of Topliss-reactive ketones (excluding diaryl/α,β-unsaturated/α-hetero) is 1. The Hall–Kier alpha value is -4.74. The summed E-state index contributed by atoms with van der Waals surface area (Å²) in [4.78, 5) is 19.2. The molecule has 1 atom stereocenters. The third kappa shape index (κ3) is 9.63. The maximum atomic E-state index is 13.9. The molecule has 0 bridgehead atoms. The van der Waals surface area contributed by atoms with Crippen LogP contribution in [-0.4, -0.2) is 38.4 Å². The van der Waals surface area contributed by atoms with Crippen LogP contribution >= 0.6 is 12.2 Å². The molecule has 0 aliphatic heterocycles. The largest absolute Gasteiger partial charge is 0.416 e. The van der Waals surface area contributed by atoms with Crippen LogP contribution in [0.4, 0.5) is 32.0 Å². The highest BCUT2D eigenvalue weighted by Crippen LogP contribution is 2.33. The van der Waals surface area contributed by atoms with Crippen LogP contribution in [0.15, 0.2) is 85.3 Å². The second-order valence-corrected chi connectivity index (χ2v) is 11.2. The maximum Gasteiger partial charge on any atom is 0.416 e. The van der Waals surface area contributed by atoms with Gasteiger partial charge < -0.3 is 20.5 Å². The van der Waals surface area contributed by atoms with E-state index in [0.29, 0.717) is 17.8 Å². The second-order valence-electron chi connectivity index (χ2n) is 10.8. The average molecular weight is 673 g/mol. The SMILES string of the molecule is N#Cc1ccc(Cn2cncc2CC(=O)[C@@H](CCN)CN(Cc2ccccc2C(F)(F)F)C(=S)Nc2cccc(C(F)(F)F)c2)cc1. The van der Waals surface area contributed by atoms with Crippen molar-refractivity contribution in [3.63, 3.8) is 0 Å². The molecule has 0 spiro atoms. The van der Waals surface area contributed by atoms with E-state index < -0.39 is 29.4 Å². The molecule has 1 aromatic heterocycles. The van der Waals surface area contributed by atoms with Gasteiger partial charge in [0.05, 0.1) is 29.1 Å². The maximum absolute atomic E-state index is 13.9. The number of imidazole rings is 1. The molecule has 7 nitrogen and oxygen atoms in total. The van der Waals surface area contributed by atoms with Gasteiger partial charge in [-0.15, -0.1) is 0 Å². The van der Waals surface area contributed by atoms with E-state index in [9.17, 15) is 31.1 Å². The van der Waals surface area contributed by atoms with Crippen molar-refractivity contribution in [2.75, 3.05) is 18.4 Å². The van der Waals surface area contributed by atoms with Gasteiger partial charge >= 0.3 is 12.4 Å². The molecule has 0 aliphatic rings. The number of hydrogen-bond acceptors (Lipinski definition) is 5. The predicted octanol–water partition coefficient (Wildman–Crippen LogP) is 6.82. The number of nitrogens with two attached hydrogens (primary N) is 1. The Morgan fingerprint density at radius 1 is 1.02 bits per heavy atom. The Morgan fingerprint density at radius 3 is 2.40 bits per heavy atom. The summed E-state index contributed by atoms with van der Waals surface area (Å²) in [6.45, 7) is -0.0782. The van der Waals surface area contributed by atoms with Crippen molar-refractivity contribution in [2.24, 2.45) is 11.7 Å². The molecule has 3 aromatic carbocycles. The molecule has 1 heterocycles. The van der Waals surface area contributed by atoms with Crippen LogP contribution in [0, 0.1) is 17.2 Å². The van der Waals surface area contributed by atoms with Crippen molar-refractivity contribution >= 4 is 28.8 Å². The minimum Gasteiger partial charge on any atom is -0.344 e. The van der Waals surface area contributed by atoms with Crippen LogP contribution < -0.4 is 11.1 Å². The minimum atomic E-state index is -4.68. The molecule has 3 N–H and O–H groups in total. The lowest BCUT2D eigenvalue weighted by molar-refractivity contribution is -0.138. The quantitative estimate of drug-likeness (QED) is 0.126. The molecule has 0 saturated carbocycles. The van der Waals surface area contributed by atoms with Crippen molar-refractivity contribution in [1.29, 1.82) is 5.26 Å². The van der Waals surface area contributed by atoms with E-state index in [2.05, 4.69) is 16.4 Å². The van der Waals surface area contributed by atoms with Gasteiger partial charge in [-0.25, -0.2) is 4.98 Å². The highest BCUT2D eigenvalue weighted by atomic mass is 32.1. The van der Waals surface area contributed by atoms with E-state index in [1.54, 1.807) is 35.2 Å². The van der Waals surface area contributed by atoms with Crippen LogP contribution in [0.5, 0.6) is 0 Å². The summed E-state index contributed by atoms with van der Waals surface area (Å²) in [5.74, 6) is -1.06. The fourth-order valence-corrected chi connectivity index (χ4v) is 5.26. The first-order valence-electron chi connectivity index (χ1n) is 14.4. The number of thiocarbonyl (C=S) groups is 1. The lowest BCUT2D eigenvalue weighted by Gasteiger charge is -2.30. The monoisotopic (exact) mass is 672 g/mol. The summed E-state index contributed by atoms with van der Waals surface area (Å²) >= 11 is 5.52. The summed E-state index contributed by atoms with van der Waals surface area (Å²) in [5.41, 5.74) is 5.81. The summed E-state index contributed by atoms with van der Waals surface area (Å²) < 4.78 is 83.5.